The Morgan fingerprint density at radius 2 is 1.96 bits per heavy atom. The van der Waals surface area contributed by atoms with Crippen LogP contribution in [0.25, 0.3) is 16.7 Å². The summed E-state index contributed by atoms with van der Waals surface area (Å²) in [4.78, 5) is 16.4. The van der Waals surface area contributed by atoms with Crippen LogP contribution >= 0.6 is 0 Å². The van der Waals surface area contributed by atoms with Crippen LogP contribution in [0.15, 0.2) is 36.4 Å². The van der Waals surface area contributed by atoms with Crippen molar-refractivity contribution in [3.8, 4) is 11.8 Å². The summed E-state index contributed by atoms with van der Waals surface area (Å²) >= 11 is 0. The van der Waals surface area contributed by atoms with E-state index < -0.39 is 0 Å². The van der Waals surface area contributed by atoms with Crippen molar-refractivity contribution in [1.29, 1.82) is 5.26 Å². The molecule has 0 N–H and O–H groups in total. The first-order chi connectivity index (χ1) is 12.5. The van der Waals surface area contributed by atoms with Crippen LogP contribution in [0, 0.1) is 25.2 Å². The van der Waals surface area contributed by atoms with E-state index in [2.05, 4.69) is 22.8 Å². The fourth-order valence-electron chi connectivity index (χ4n) is 3.14. The lowest BCUT2D eigenvalue weighted by Gasteiger charge is -2.11. The lowest BCUT2D eigenvalue weighted by Crippen LogP contribution is -2.06. The molecule has 0 saturated heterocycles. The lowest BCUT2D eigenvalue weighted by atomic mass is 10.1. The van der Waals surface area contributed by atoms with Crippen molar-refractivity contribution >= 4 is 17.0 Å². The molecule has 5 heteroatoms. The number of nitriles is 1. The fourth-order valence-corrected chi connectivity index (χ4v) is 3.14. The topological polar surface area (TPSA) is 67.9 Å². The Balaban J connectivity index is 2.01. The Morgan fingerprint density at radius 1 is 1.23 bits per heavy atom. The van der Waals surface area contributed by atoms with E-state index in [1.807, 2.05) is 45.0 Å². The molecule has 0 aliphatic heterocycles. The zero-order chi connectivity index (χ0) is 18.7. The number of fused-ring (bicyclic) bond motifs is 1. The van der Waals surface area contributed by atoms with E-state index in [0.717, 1.165) is 33.7 Å². The number of ether oxygens (including phenoxy) is 1. The number of esters is 1. The van der Waals surface area contributed by atoms with E-state index in [4.69, 9.17) is 15.0 Å². The van der Waals surface area contributed by atoms with Crippen LogP contribution < -0.4 is 0 Å². The molecule has 0 bridgehead atoms. The molecule has 132 valence electrons. The minimum Gasteiger partial charge on any atom is -0.466 e. The molecule has 0 atom stereocenters. The van der Waals surface area contributed by atoms with E-state index in [-0.39, 0.29) is 5.97 Å². The van der Waals surface area contributed by atoms with E-state index in [1.165, 1.54) is 0 Å². The highest BCUT2D eigenvalue weighted by atomic mass is 16.5. The van der Waals surface area contributed by atoms with Crippen molar-refractivity contribution in [3.05, 3.63) is 58.9 Å². The average molecular weight is 347 g/mol. The number of hydrogen-bond donors (Lipinski definition) is 0. The maximum Gasteiger partial charge on any atom is 0.306 e. The normalized spacial score (nSPS) is 10.7. The molecule has 0 aliphatic rings. The molecule has 0 radical (unpaired) electrons. The van der Waals surface area contributed by atoms with E-state index >= 15 is 0 Å². The first-order valence-corrected chi connectivity index (χ1v) is 8.68. The molecule has 0 fully saturated rings. The Kier molecular flexibility index (Phi) is 5.04. The molecule has 0 aliphatic carbocycles. The number of rotatable bonds is 5. The third-order valence-electron chi connectivity index (χ3n) is 4.42. The molecule has 3 rings (SSSR count). The smallest absolute Gasteiger partial charge is 0.306 e. The van der Waals surface area contributed by atoms with Crippen LogP contribution in [0.2, 0.25) is 0 Å². The largest absolute Gasteiger partial charge is 0.466 e. The van der Waals surface area contributed by atoms with Gasteiger partial charge in [0, 0.05) is 23.5 Å². The molecule has 5 nitrogen and oxygen atoms in total. The van der Waals surface area contributed by atoms with Crippen molar-refractivity contribution in [2.45, 2.75) is 33.6 Å². The van der Waals surface area contributed by atoms with Crippen molar-refractivity contribution in [2.24, 2.45) is 0 Å². The maximum atomic E-state index is 11.7. The van der Waals surface area contributed by atoms with Gasteiger partial charge in [0.05, 0.1) is 29.3 Å². The summed E-state index contributed by atoms with van der Waals surface area (Å²) in [7, 11) is 0. The Labute approximate surface area is 152 Å². The zero-order valence-electron chi connectivity index (χ0n) is 15.2. The molecule has 2 heterocycles. The number of carbonyl (C=O) groups is 1. The molecule has 0 amide bonds. The summed E-state index contributed by atoms with van der Waals surface area (Å²) in [5.41, 5.74) is 6.57. The van der Waals surface area contributed by atoms with Crippen molar-refractivity contribution in [2.75, 3.05) is 6.61 Å². The van der Waals surface area contributed by atoms with Gasteiger partial charge >= 0.3 is 5.97 Å². The van der Waals surface area contributed by atoms with Gasteiger partial charge in [0.25, 0.3) is 0 Å². The van der Waals surface area contributed by atoms with Crippen LogP contribution in [0.1, 0.15) is 35.9 Å². The maximum absolute atomic E-state index is 11.7. The van der Waals surface area contributed by atoms with E-state index in [0.29, 0.717) is 25.0 Å². The highest BCUT2D eigenvalue weighted by Crippen LogP contribution is 2.25. The molecule has 2 aromatic heterocycles. The molecule has 1 aromatic carbocycles. The summed E-state index contributed by atoms with van der Waals surface area (Å²) in [5, 5.41) is 8.99. The molecule has 0 unspecified atom stereocenters. The predicted octanol–water partition coefficient (Wildman–Crippen LogP) is 4.01. The third kappa shape index (κ3) is 3.45. The van der Waals surface area contributed by atoms with Gasteiger partial charge < -0.3 is 9.30 Å². The van der Waals surface area contributed by atoms with Crippen LogP contribution in [-0.4, -0.2) is 22.1 Å². The number of benzene rings is 1. The van der Waals surface area contributed by atoms with Gasteiger partial charge in [-0.15, -0.1) is 0 Å². The lowest BCUT2D eigenvalue weighted by molar-refractivity contribution is -0.143. The summed E-state index contributed by atoms with van der Waals surface area (Å²) in [6.45, 7) is 6.21. The molecule has 26 heavy (non-hydrogen) atoms. The van der Waals surface area contributed by atoms with Gasteiger partial charge in [-0.25, -0.2) is 0 Å². The number of carbonyl (C=O) groups excluding carboxylic acids is 1. The Morgan fingerprint density at radius 3 is 2.62 bits per heavy atom. The molecular formula is C21H21N3O2. The summed E-state index contributed by atoms with van der Waals surface area (Å²) in [6.07, 6.45) is 0.948. The van der Waals surface area contributed by atoms with Crippen LogP contribution in [0.3, 0.4) is 0 Å². The first kappa shape index (κ1) is 17.7. The highest BCUT2D eigenvalue weighted by Gasteiger charge is 2.13. The summed E-state index contributed by atoms with van der Waals surface area (Å²) in [6, 6.07) is 13.8. The number of pyridine rings is 1. The Bertz CT molecular complexity index is 995. The number of aryl methyl sites for hydroxylation is 3. The molecular weight excluding hydrogens is 326 g/mol. The van der Waals surface area contributed by atoms with Crippen LogP contribution in [-0.2, 0) is 16.0 Å². The minimum atomic E-state index is -0.189. The van der Waals surface area contributed by atoms with Gasteiger partial charge in [-0.2, -0.15) is 5.26 Å². The summed E-state index contributed by atoms with van der Waals surface area (Å²) in [5.74, 6) is -0.189. The van der Waals surface area contributed by atoms with Gasteiger partial charge in [0.1, 0.15) is 0 Å². The van der Waals surface area contributed by atoms with Crippen molar-refractivity contribution in [1.82, 2.24) is 9.55 Å². The van der Waals surface area contributed by atoms with E-state index in [9.17, 15) is 4.79 Å². The highest BCUT2D eigenvalue weighted by molar-refractivity contribution is 5.81. The quantitative estimate of drug-likeness (QED) is 0.654. The second-order valence-electron chi connectivity index (χ2n) is 6.22. The number of aromatic nitrogens is 2. The molecule has 3 aromatic rings. The van der Waals surface area contributed by atoms with E-state index in [1.54, 1.807) is 0 Å². The first-order valence-electron chi connectivity index (χ1n) is 8.68. The zero-order valence-corrected chi connectivity index (χ0v) is 15.2. The average Bonchev–Trinajstić information content (AvgIpc) is 2.94. The fraction of sp³-hybridized carbons (Fsp3) is 0.286. The molecule has 0 spiro atoms. The van der Waals surface area contributed by atoms with Gasteiger partial charge in [-0.05, 0) is 69.2 Å². The Hall–Kier alpha value is -3.13. The SMILES string of the molecule is CCOC(=O)CCc1cc2c(cc(C)n2-c2ccc(C#N)cc2)nc1C. The summed E-state index contributed by atoms with van der Waals surface area (Å²) < 4.78 is 7.14. The van der Waals surface area contributed by atoms with Crippen molar-refractivity contribution in [3.63, 3.8) is 0 Å². The second-order valence-corrected chi connectivity index (χ2v) is 6.22. The van der Waals surface area contributed by atoms with Crippen LogP contribution in [0.5, 0.6) is 0 Å². The van der Waals surface area contributed by atoms with Gasteiger partial charge in [0.2, 0.25) is 0 Å². The van der Waals surface area contributed by atoms with Gasteiger partial charge in [-0.1, -0.05) is 0 Å². The number of nitrogens with zero attached hydrogens (tertiary/aromatic N) is 3. The number of hydrogen-bond acceptors (Lipinski definition) is 4. The van der Waals surface area contributed by atoms with Gasteiger partial charge in [0.15, 0.2) is 0 Å². The second kappa shape index (κ2) is 7.40. The monoisotopic (exact) mass is 347 g/mol. The molecule has 0 saturated carbocycles. The third-order valence-corrected chi connectivity index (χ3v) is 4.42. The van der Waals surface area contributed by atoms with Crippen LogP contribution in [0.4, 0.5) is 0 Å². The van der Waals surface area contributed by atoms with Gasteiger partial charge in [-0.3, -0.25) is 9.78 Å². The van der Waals surface area contributed by atoms with Crippen molar-refractivity contribution < 1.29 is 9.53 Å². The predicted molar refractivity (Wildman–Crippen MR) is 100 cm³/mol. The standard InChI is InChI=1S/C21H21N3O2/c1-4-26-21(25)10-7-17-12-20-19(23-15(17)3)11-14(2)24(20)18-8-5-16(13-22)6-9-18/h5-6,8-9,11-12H,4,7,10H2,1-3H3. The minimum absolute atomic E-state index is 0.189.